The maximum absolute atomic E-state index is 12.1. The zero-order chi connectivity index (χ0) is 22.6. The molecule has 3 N–H and O–H groups in total. The minimum Gasteiger partial charge on any atom is -0.497 e. The summed E-state index contributed by atoms with van der Waals surface area (Å²) in [5, 5.41) is 2.36. The molecular weight excluding hydrogens is 422 g/mol. The molecule has 0 bridgehead atoms. The number of hydrogen-bond acceptors (Lipinski definition) is 7. The van der Waals surface area contributed by atoms with E-state index >= 15 is 0 Å². The van der Waals surface area contributed by atoms with Crippen LogP contribution in [0.2, 0.25) is 0 Å². The van der Waals surface area contributed by atoms with Crippen LogP contribution in [0, 0.1) is 0 Å². The second-order valence-corrected chi connectivity index (χ2v) is 6.54. The van der Waals surface area contributed by atoms with E-state index in [4.69, 9.17) is 26.4 Å². The molecule has 2 amide bonds. The van der Waals surface area contributed by atoms with Crippen LogP contribution in [0.4, 0.5) is 0 Å². The van der Waals surface area contributed by atoms with Crippen molar-refractivity contribution < 1.29 is 28.6 Å². The van der Waals surface area contributed by atoms with Gasteiger partial charge in [0.2, 0.25) is 0 Å². The van der Waals surface area contributed by atoms with Crippen molar-refractivity contribution in [2.24, 2.45) is 0 Å². The molecule has 164 valence electrons. The van der Waals surface area contributed by atoms with E-state index in [0.717, 1.165) is 6.42 Å². The summed E-state index contributed by atoms with van der Waals surface area (Å²) in [6, 6.07) is 12.7. The first kappa shape index (κ1) is 23.6. The van der Waals surface area contributed by atoms with Crippen LogP contribution in [0.5, 0.6) is 11.5 Å². The summed E-state index contributed by atoms with van der Waals surface area (Å²) in [5.74, 6) is -0.357. The topological polar surface area (TPSA) is 115 Å². The Kier molecular flexibility index (Phi) is 9.24. The molecule has 0 atom stereocenters. The number of ether oxygens (including phenoxy) is 3. The number of methoxy groups -OCH3 is 1. The van der Waals surface area contributed by atoms with Crippen LogP contribution in [0.3, 0.4) is 0 Å². The molecule has 2 rings (SSSR count). The van der Waals surface area contributed by atoms with Crippen molar-refractivity contribution in [2.45, 2.75) is 13.3 Å². The summed E-state index contributed by atoms with van der Waals surface area (Å²) in [6.07, 6.45) is 0.741. The van der Waals surface area contributed by atoms with Gasteiger partial charge in [-0.25, -0.2) is 4.79 Å². The fourth-order valence-corrected chi connectivity index (χ4v) is 2.37. The Hall–Kier alpha value is -3.66. The number of carbonyl (C=O) groups excluding carboxylic acids is 3. The Morgan fingerprint density at radius 1 is 0.903 bits per heavy atom. The van der Waals surface area contributed by atoms with Gasteiger partial charge in [-0.3, -0.25) is 25.8 Å². The summed E-state index contributed by atoms with van der Waals surface area (Å²) in [7, 11) is 1.53. The standard InChI is InChI=1S/C21H23N3O6S/c1-3-12-29-20(27)15-6-10-17(11-7-15)30-13-18(25)23-24-21(31)22-19(26)14-4-8-16(28-2)9-5-14/h4-11H,3,12-13H2,1-2H3,(H,23,25)(H2,22,24,26,31). The highest BCUT2D eigenvalue weighted by molar-refractivity contribution is 7.80. The molecular formula is C21H23N3O6S. The predicted molar refractivity (Wildman–Crippen MR) is 117 cm³/mol. The van der Waals surface area contributed by atoms with Gasteiger partial charge in [-0.1, -0.05) is 6.92 Å². The van der Waals surface area contributed by atoms with E-state index in [1.165, 1.54) is 7.11 Å². The Bertz CT molecular complexity index is 916. The van der Waals surface area contributed by atoms with Gasteiger partial charge in [-0.15, -0.1) is 0 Å². The number of thiocarbonyl (C=S) groups is 1. The van der Waals surface area contributed by atoms with E-state index in [2.05, 4.69) is 16.2 Å². The van der Waals surface area contributed by atoms with Crippen molar-refractivity contribution >= 4 is 35.1 Å². The van der Waals surface area contributed by atoms with E-state index in [1.54, 1.807) is 48.5 Å². The van der Waals surface area contributed by atoms with Gasteiger partial charge in [0.25, 0.3) is 11.8 Å². The van der Waals surface area contributed by atoms with Gasteiger partial charge in [0.05, 0.1) is 19.3 Å². The minimum atomic E-state index is -0.521. The molecule has 9 nitrogen and oxygen atoms in total. The molecule has 0 saturated heterocycles. The maximum Gasteiger partial charge on any atom is 0.338 e. The summed E-state index contributed by atoms with van der Waals surface area (Å²) in [6.45, 7) is 1.96. The smallest absolute Gasteiger partial charge is 0.338 e. The number of esters is 1. The van der Waals surface area contributed by atoms with E-state index in [-0.39, 0.29) is 11.7 Å². The molecule has 10 heteroatoms. The Morgan fingerprint density at radius 3 is 2.13 bits per heavy atom. The first-order valence-corrected chi connectivity index (χ1v) is 9.78. The molecule has 0 unspecified atom stereocenters. The minimum absolute atomic E-state index is 0.0795. The van der Waals surface area contributed by atoms with Crippen LogP contribution in [-0.2, 0) is 9.53 Å². The molecule has 0 fully saturated rings. The highest BCUT2D eigenvalue weighted by Gasteiger charge is 2.10. The molecule has 0 saturated carbocycles. The SMILES string of the molecule is CCCOC(=O)c1ccc(OCC(=O)NNC(=S)NC(=O)c2ccc(OC)cc2)cc1. The largest absolute Gasteiger partial charge is 0.497 e. The fourth-order valence-electron chi connectivity index (χ4n) is 2.23. The van der Waals surface area contributed by atoms with Crippen molar-refractivity contribution in [1.29, 1.82) is 0 Å². The van der Waals surface area contributed by atoms with Gasteiger partial charge in [0.1, 0.15) is 11.5 Å². The van der Waals surface area contributed by atoms with E-state index in [1.807, 2.05) is 6.92 Å². The van der Waals surface area contributed by atoms with Crippen LogP contribution in [0.25, 0.3) is 0 Å². The van der Waals surface area contributed by atoms with Crippen LogP contribution >= 0.6 is 12.2 Å². The van der Waals surface area contributed by atoms with E-state index in [0.29, 0.717) is 29.2 Å². The first-order chi connectivity index (χ1) is 14.9. The highest BCUT2D eigenvalue weighted by atomic mass is 32.1. The third-order valence-corrected chi connectivity index (χ3v) is 4.00. The molecule has 2 aromatic rings. The van der Waals surface area contributed by atoms with Crippen molar-refractivity contribution in [3.8, 4) is 11.5 Å². The molecule has 0 aliphatic heterocycles. The van der Waals surface area contributed by atoms with Crippen LogP contribution < -0.4 is 25.6 Å². The normalized spacial score (nSPS) is 9.87. The monoisotopic (exact) mass is 445 g/mol. The lowest BCUT2D eigenvalue weighted by atomic mass is 10.2. The fraction of sp³-hybridized carbons (Fsp3) is 0.238. The summed E-state index contributed by atoms with van der Waals surface area (Å²) < 4.78 is 15.4. The molecule has 0 heterocycles. The molecule has 2 aromatic carbocycles. The van der Waals surface area contributed by atoms with Gasteiger partial charge in [0.15, 0.2) is 11.7 Å². The van der Waals surface area contributed by atoms with Gasteiger partial charge in [-0.05, 0) is 67.2 Å². The van der Waals surface area contributed by atoms with Crippen LogP contribution in [-0.4, -0.2) is 43.2 Å². The first-order valence-electron chi connectivity index (χ1n) is 9.37. The Balaban J connectivity index is 1.71. The highest BCUT2D eigenvalue weighted by Crippen LogP contribution is 2.13. The quantitative estimate of drug-likeness (QED) is 0.321. The molecule has 31 heavy (non-hydrogen) atoms. The number of benzene rings is 2. The third-order valence-electron chi connectivity index (χ3n) is 3.79. The lowest BCUT2D eigenvalue weighted by Gasteiger charge is -2.12. The second-order valence-electron chi connectivity index (χ2n) is 6.13. The third kappa shape index (κ3) is 7.94. The van der Waals surface area contributed by atoms with Gasteiger partial charge in [0, 0.05) is 5.56 Å². The lowest BCUT2D eigenvalue weighted by Crippen LogP contribution is -2.49. The average Bonchev–Trinajstić information content (AvgIpc) is 2.80. The van der Waals surface area contributed by atoms with E-state index < -0.39 is 17.8 Å². The zero-order valence-electron chi connectivity index (χ0n) is 17.1. The summed E-state index contributed by atoms with van der Waals surface area (Å²) >= 11 is 4.98. The maximum atomic E-state index is 12.1. The van der Waals surface area contributed by atoms with Gasteiger partial charge in [-0.2, -0.15) is 0 Å². The zero-order valence-corrected chi connectivity index (χ0v) is 17.9. The number of nitrogens with one attached hydrogen (secondary N) is 3. The molecule has 0 aliphatic carbocycles. The molecule has 0 radical (unpaired) electrons. The van der Waals surface area contributed by atoms with Crippen molar-refractivity contribution in [1.82, 2.24) is 16.2 Å². The molecule has 0 aliphatic rings. The number of rotatable bonds is 8. The average molecular weight is 445 g/mol. The van der Waals surface area contributed by atoms with Crippen molar-refractivity contribution in [2.75, 3.05) is 20.3 Å². The summed E-state index contributed by atoms with van der Waals surface area (Å²) in [4.78, 5) is 35.7. The number of amides is 2. The van der Waals surface area contributed by atoms with E-state index in [9.17, 15) is 14.4 Å². The van der Waals surface area contributed by atoms with Crippen molar-refractivity contribution in [3.63, 3.8) is 0 Å². The van der Waals surface area contributed by atoms with Crippen LogP contribution in [0.1, 0.15) is 34.1 Å². The van der Waals surface area contributed by atoms with Gasteiger partial charge < -0.3 is 14.2 Å². The molecule has 0 aromatic heterocycles. The van der Waals surface area contributed by atoms with Crippen molar-refractivity contribution in [3.05, 3.63) is 59.7 Å². The number of carbonyl (C=O) groups is 3. The second kappa shape index (κ2) is 12.1. The Morgan fingerprint density at radius 2 is 1.52 bits per heavy atom. The summed E-state index contributed by atoms with van der Waals surface area (Å²) in [5.41, 5.74) is 5.51. The molecule has 0 spiro atoms. The number of hydrogen-bond donors (Lipinski definition) is 3. The predicted octanol–water partition coefficient (Wildman–Crippen LogP) is 1.98. The Labute approximate surface area is 185 Å². The van der Waals surface area contributed by atoms with Gasteiger partial charge >= 0.3 is 5.97 Å². The lowest BCUT2D eigenvalue weighted by molar-refractivity contribution is -0.123. The van der Waals surface area contributed by atoms with Crippen LogP contribution in [0.15, 0.2) is 48.5 Å². The number of hydrazine groups is 1.